The number of rotatable bonds is 6. The summed E-state index contributed by atoms with van der Waals surface area (Å²) < 4.78 is 2.10. The molecule has 0 spiro atoms. The molecule has 2 aromatic heterocycles. The molecule has 3 aromatic rings. The lowest BCUT2D eigenvalue weighted by molar-refractivity contribution is 0.545. The van der Waals surface area contributed by atoms with E-state index in [0.717, 1.165) is 30.0 Å². The summed E-state index contributed by atoms with van der Waals surface area (Å²) in [6.45, 7) is 5.30. The van der Waals surface area contributed by atoms with Crippen LogP contribution in [0.25, 0.3) is 4.96 Å². The first-order valence-electron chi connectivity index (χ1n) is 7.53. The predicted molar refractivity (Wildman–Crippen MR) is 89.0 cm³/mol. The fourth-order valence-corrected chi connectivity index (χ4v) is 3.34. The van der Waals surface area contributed by atoms with Gasteiger partial charge in [0.25, 0.3) is 0 Å². The van der Waals surface area contributed by atoms with Gasteiger partial charge in [0.05, 0.1) is 5.69 Å². The highest BCUT2D eigenvalue weighted by Gasteiger charge is 2.13. The number of hydrogen-bond donors (Lipinski definition) is 1. The van der Waals surface area contributed by atoms with E-state index in [1.54, 1.807) is 11.3 Å². The van der Waals surface area contributed by atoms with Gasteiger partial charge in [-0.1, -0.05) is 38.1 Å². The van der Waals surface area contributed by atoms with Crippen LogP contribution in [0.15, 0.2) is 42.0 Å². The number of aryl methyl sites for hydroxylation is 1. The molecule has 0 fully saturated rings. The molecule has 1 atom stereocenters. The van der Waals surface area contributed by atoms with Crippen LogP contribution < -0.4 is 5.32 Å². The van der Waals surface area contributed by atoms with E-state index in [1.807, 2.05) is 0 Å². The Kier molecular flexibility index (Phi) is 4.36. The summed E-state index contributed by atoms with van der Waals surface area (Å²) >= 11 is 1.68. The molecule has 1 aromatic carbocycles. The standard InChI is InChI=1S/C17H21N3S/c1-3-13-5-7-14(8-6-13)16(18-4-2)11-15-12-20-9-10-21-17(20)19-15/h5-10,12,16,18H,3-4,11H2,1-2H3. The van der Waals surface area contributed by atoms with E-state index >= 15 is 0 Å². The van der Waals surface area contributed by atoms with Gasteiger partial charge < -0.3 is 5.32 Å². The highest BCUT2D eigenvalue weighted by atomic mass is 32.1. The van der Waals surface area contributed by atoms with Crippen molar-refractivity contribution < 1.29 is 0 Å². The summed E-state index contributed by atoms with van der Waals surface area (Å²) in [5.41, 5.74) is 3.87. The van der Waals surface area contributed by atoms with Crippen LogP contribution in [0.1, 0.15) is 36.7 Å². The number of imidazole rings is 1. The number of thiazole rings is 1. The van der Waals surface area contributed by atoms with Crippen molar-refractivity contribution in [1.29, 1.82) is 0 Å². The van der Waals surface area contributed by atoms with E-state index in [1.165, 1.54) is 11.1 Å². The third kappa shape index (κ3) is 3.17. The lowest BCUT2D eigenvalue weighted by Crippen LogP contribution is -2.23. The second kappa shape index (κ2) is 6.41. The maximum absolute atomic E-state index is 4.70. The minimum atomic E-state index is 0.325. The van der Waals surface area contributed by atoms with Crippen LogP contribution in [0.5, 0.6) is 0 Å². The highest BCUT2D eigenvalue weighted by Crippen LogP contribution is 2.20. The highest BCUT2D eigenvalue weighted by molar-refractivity contribution is 7.15. The van der Waals surface area contributed by atoms with Crippen molar-refractivity contribution in [3.05, 3.63) is 58.9 Å². The molecule has 0 amide bonds. The molecule has 0 saturated carbocycles. The number of nitrogens with zero attached hydrogens (tertiary/aromatic N) is 2. The SMILES string of the molecule is CCNC(Cc1cn2ccsc2n1)c1ccc(CC)cc1. The van der Waals surface area contributed by atoms with E-state index < -0.39 is 0 Å². The zero-order chi connectivity index (χ0) is 14.7. The molecule has 0 saturated heterocycles. The molecule has 1 N–H and O–H groups in total. The molecule has 4 heteroatoms. The Bertz CT molecular complexity index is 668. The Hall–Kier alpha value is -1.65. The zero-order valence-corrected chi connectivity index (χ0v) is 13.4. The molecular formula is C17H21N3S. The first-order chi connectivity index (χ1) is 10.3. The minimum absolute atomic E-state index is 0.325. The third-order valence-corrected chi connectivity index (χ3v) is 4.57. The molecule has 0 aliphatic heterocycles. The summed E-state index contributed by atoms with van der Waals surface area (Å²) in [6.07, 6.45) is 6.21. The van der Waals surface area contributed by atoms with Crippen LogP contribution >= 0.6 is 11.3 Å². The molecule has 0 aliphatic rings. The Morgan fingerprint density at radius 3 is 2.71 bits per heavy atom. The molecular weight excluding hydrogens is 278 g/mol. The Morgan fingerprint density at radius 2 is 2.05 bits per heavy atom. The molecule has 2 heterocycles. The maximum Gasteiger partial charge on any atom is 0.193 e. The van der Waals surface area contributed by atoms with Crippen molar-refractivity contribution in [1.82, 2.24) is 14.7 Å². The topological polar surface area (TPSA) is 29.3 Å². The van der Waals surface area contributed by atoms with Gasteiger partial charge in [0.1, 0.15) is 0 Å². The van der Waals surface area contributed by atoms with Gasteiger partial charge in [-0.2, -0.15) is 0 Å². The van der Waals surface area contributed by atoms with Crippen molar-refractivity contribution in [3.8, 4) is 0 Å². The van der Waals surface area contributed by atoms with Crippen molar-refractivity contribution >= 4 is 16.3 Å². The quantitative estimate of drug-likeness (QED) is 0.749. The van der Waals surface area contributed by atoms with Gasteiger partial charge in [-0.25, -0.2) is 4.98 Å². The average Bonchev–Trinajstić information content (AvgIpc) is 3.08. The second-order valence-corrected chi connectivity index (χ2v) is 6.11. The number of fused-ring (bicyclic) bond motifs is 1. The molecule has 1 unspecified atom stereocenters. The second-order valence-electron chi connectivity index (χ2n) is 5.23. The van der Waals surface area contributed by atoms with Gasteiger partial charge in [-0.15, -0.1) is 11.3 Å². The molecule has 0 radical (unpaired) electrons. The minimum Gasteiger partial charge on any atom is -0.310 e. The van der Waals surface area contributed by atoms with Crippen LogP contribution in [0.4, 0.5) is 0 Å². The molecule has 3 rings (SSSR count). The fraction of sp³-hybridized carbons (Fsp3) is 0.353. The lowest BCUT2D eigenvalue weighted by Gasteiger charge is -2.17. The van der Waals surface area contributed by atoms with Crippen molar-refractivity contribution in [2.75, 3.05) is 6.54 Å². The van der Waals surface area contributed by atoms with Crippen LogP contribution in [0.3, 0.4) is 0 Å². The van der Waals surface area contributed by atoms with E-state index in [0.29, 0.717) is 6.04 Å². The predicted octanol–water partition coefficient (Wildman–Crippen LogP) is 3.85. The molecule has 3 nitrogen and oxygen atoms in total. The van der Waals surface area contributed by atoms with Crippen molar-refractivity contribution in [3.63, 3.8) is 0 Å². The molecule has 0 bridgehead atoms. The average molecular weight is 299 g/mol. The fourth-order valence-electron chi connectivity index (χ4n) is 2.62. The van der Waals surface area contributed by atoms with Crippen LogP contribution in [-0.4, -0.2) is 15.9 Å². The summed E-state index contributed by atoms with van der Waals surface area (Å²) in [4.78, 5) is 5.77. The molecule has 110 valence electrons. The van der Waals surface area contributed by atoms with E-state index in [9.17, 15) is 0 Å². The first kappa shape index (κ1) is 14.3. The number of nitrogens with one attached hydrogen (secondary N) is 1. The van der Waals surface area contributed by atoms with E-state index in [2.05, 4.69) is 65.6 Å². The number of hydrogen-bond acceptors (Lipinski definition) is 3. The van der Waals surface area contributed by atoms with Crippen LogP contribution in [0, 0.1) is 0 Å². The van der Waals surface area contributed by atoms with Gasteiger partial charge in [0.15, 0.2) is 4.96 Å². The number of benzene rings is 1. The van der Waals surface area contributed by atoms with Gasteiger partial charge in [-0.3, -0.25) is 4.40 Å². The van der Waals surface area contributed by atoms with Gasteiger partial charge in [0, 0.05) is 30.2 Å². The van der Waals surface area contributed by atoms with Crippen LogP contribution in [0.2, 0.25) is 0 Å². The summed E-state index contributed by atoms with van der Waals surface area (Å²) in [5, 5.41) is 5.64. The molecule has 21 heavy (non-hydrogen) atoms. The monoisotopic (exact) mass is 299 g/mol. The van der Waals surface area contributed by atoms with Gasteiger partial charge in [-0.05, 0) is 24.1 Å². The van der Waals surface area contributed by atoms with Crippen molar-refractivity contribution in [2.45, 2.75) is 32.7 Å². The van der Waals surface area contributed by atoms with Gasteiger partial charge >= 0.3 is 0 Å². The van der Waals surface area contributed by atoms with E-state index in [4.69, 9.17) is 4.98 Å². The number of likely N-dealkylation sites (N-methyl/N-ethyl adjacent to an activating group) is 1. The van der Waals surface area contributed by atoms with Gasteiger partial charge in [0.2, 0.25) is 0 Å². The number of aromatic nitrogens is 2. The van der Waals surface area contributed by atoms with E-state index in [-0.39, 0.29) is 0 Å². The molecule has 0 aliphatic carbocycles. The third-order valence-electron chi connectivity index (χ3n) is 3.80. The van der Waals surface area contributed by atoms with Crippen LogP contribution in [-0.2, 0) is 12.8 Å². The normalized spacial score (nSPS) is 12.9. The Balaban J connectivity index is 1.81. The Morgan fingerprint density at radius 1 is 1.24 bits per heavy atom. The first-order valence-corrected chi connectivity index (χ1v) is 8.41. The van der Waals surface area contributed by atoms with Crippen molar-refractivity contribution in [2.24, 2.45) is 0 Å². The lowest BCUT2D eigenvalue weighted by atomic mass is 10.00. The largest absolute Gasteiger partial charge is 0.310 e. The smallest absolute Gasteiger partial charge is 0.193 e. The Labute approximate surface area is 129 Å². The summed E-state index contributed by atoms with van der Waals surface area (Å²) in [5.74, 6) is 0. The summed E-state index contributed by atoms with van der Waals surface area (Å²) in [7, 11) is 0. The maximum atomic E-state index is 4.70. The zero-order valence-electron chi connectivity index (χ0n) is 12.5. The summed E-state index contributed by atoms with van der Waals surface area (Å²) in [6, 6.07) is 9.26.